The third-order valence-electron chi connectivity index (χ3n) is 2.75. The summed E-state index contributed by atoms with van der Waals surface area (Å²) in [5.41, 5.74) is 1.01. The van der Waals surface area contributed by atoms with Crippen molar-refractivity contribution in [2.24, 2.45) is 0 Å². The normalized spacial score (nSPS) is 12.3. The lowest BCUT2D eigenvalue weighted by atomic mass is 10.1. The van der Waals surface area contributed by atoms with Crippen molar-refractivity contribution in [1.82, 2.24) is 0 Å². The summed E-state index contributed by atoms with van der Waals surface area (Å²) in [4.78, 5) is 11.4. The molecule has 0 bridgehead atoms. The van der Waals surface area contributed by atoms with Crippen LogP contribution < -0.4 is 0 Å². The Labute approximate surface area is 122 Å². The summed E-state index contributed by atoms with van der Waals surface area (Å²) in [5, 5.41) is 0. The fourth-order valence-corrected chi connectivity index (χ4v) is 3.13. The molecule has 0 aliphatic carbocycles. The van der Waals surface area contributed by atoms with Gasteiger partial charge in [0.15, 0.2) is 9.84 Å². The van der Waals surface area contributed by atoms with E-state index in [9.17, 15) is 13.2 Å². The van der Waals surface area contributed by atoms with Crippen LogP contribution in [-0.2, 0) is 20.3 Å². The first-order chi connectivity index (χ1) is 8.58. The molecule has 0 saturated heterocycles. The topological polar surface area (TPSA) is 60.4 Å². The molecule has 19 heavy (non-hydrogen) atoms. The minimum absolute atomic E-state index is 0.0709. The Morgan fingerprint density at radius 1 is 1.32 bits per heavy atom. The van der Waals surface area contributed by atoms with Gasteiger partial charge in [-0.15, -0.1) is 0 Å². The summed E-state index contributed by atoms with van der Waals surface area (Å²) in [6.07, 6.45) is 0. The van der Waals surface area contributed by atoms with Gasteiger partial charge in [0.1, 0.15) is 0 Å². The van der Waals surface area contributed by atoms with Gasteiger partial charge in [0.2, 0.25) is 0 Å². The van der Waals surface area contributed by atoms with Gasteiger partial charge in [-0.1, -0.05) is 22.0 Å². The zero-order valence-corrected chi connectivity index (χ0v) is 13.8. The summed E-state index contributed by atoms with van der Waals surface area (Å²) < 4.78 is 28.7. The molecule has 0 spiro atoms. The number of halogens is 1. The number of methoxy groups -OCH3 is 1. The maximum atomic E-state index is 12.1. The summed E-state index contributed by atoms with van der Waals surface area (Å²) in [6.45, 7) is 5.00. The molecule has 0 aromatic heterocycles. The van der Waals surface area contributed by atoms with E-state index in [0.29, 0.717) is 15.6 Å². The Bertz CT molecular complexity index is 585. The first-order valence-corrected chi connectivity index (χ1v) is 8.12. The summed E-state index contributed by atoms with van der Waals surface area (Å²) in [7, 11) is -1.96. The van der Waals surface area contributed by atoms with Crippen molar-refractivity contribution in [2.45, 2.75) is 31.3 Å². The van der Waals surface area contributed by atoms with Gasteiger partial charge in [0.25, 0.3) is 0 Å². The van der Waals surface area contributed by atoms with Crippen LogP contribution in [0.4, 0.5) is 0 Å². The van der Waals surface area contributed by atoms with Gasteiger partial charge in [-0.05, 0) is 38.5 Å². The predicted molar refractivity (Wildman–Crippen MR) is 77.9 cm³/mol. The van der Waals surface area contributed by atoms with Crippen LogP contribution >= 0.6 is 15.9 Å². The second-order valence-electron chi connectivity index (χ2n) is 5.17. The molecule has 0 radical (unpaired) electrons. The van der Waals surface area contributed by atoms with Crippen LogP contribution in [0.25, 0.3) is 0 Å². The van der Waals surface area contributed by atoms with E-state index in [2.05, 4.69) is 20.7 Å². The molecule has 106 valence electrons. The molecule has 0 atom stereocenters. The van der Waals surface area contributed by atoms with Gasteiger partial charge in [-0.2, -0.15) is 0 Å². The number of esters is 1. The average molecular weight is 349 g/mol. The van der Waals surface area contributed by atoms with Crippen molar-refractivity contribution >= 4 is 31.7 Å². The van der Waals surface area contributed by atoms with E-state index in [0.717, 1.165) is 0 Å². The van der Waals surface area contributed by atoms with E-state index < -0.39 is 20.6 Å². The Balaban J connectivity index is 3.09. The number of hydrogen-bond donors (Lipinski definition) is 0. The van der Waals surface area contributed by atoms with E-state index in [-0.39, 0.29) is 5.75 Å². The lowest BCUT2D eigenvalue weighted by molar-refractivity contribution is 0.0600. The Morgan fingerprint density at radius 3 is 2.32 bits per heavy atom. The minimum Gasteiger partial charge on any atom is -0.465 e. The number of rotatable bonds is 3. The highest BCUT2D eigenvalue weighted by molar-refractivity contribution is 9.10. The number of carbonyl (C=O) groups excluding carboxylic acids is 1. The highest BCUT2D eigenvalue weighted by Crippen LogP contribution is 2.26. The molecule has 0 fully saturated rings. The molecule has 1 aromatic carbocycles. The largest absolute Gasteiger partial charge is 0.465 e. The lowest BCUT2D eigenvalue weighted by Crippen LogP contribution is -2.29. The fourth-order valence-electron chi connectivity index (χ4n) is 1.33. The van der Waals surface area contributed by atoms with Crippen LogP contribution in [0.3, 0.4) is 0 Å². The van der Waals surface area contributed by atoms with Crippen LogP contribution in [0.2, 0.25) is 0 Å². The summed E-state index contributed by atoms with van der Waals surface area (Å²) in [5.74, 6) is -0.524. The second kappa shape index (κ2) is 5.63. The highest BCUT2D eigenvalue weighted by Gasteiger charge is 2.29. The smallest absolute Gasteiger partial charge is 0.337 e. The van der Waals surface area contributed by atoms with E-state index in [1.165, 1.54) is 7.11 Å². The van der Waals surface area contributed by atoms with E-state index in [4.69, 9.17) is 0 Å². The maximum absolute atomic E-state index is 12.1. The third-order valence-corrected chi connectivity index (χ3v) is 6.05. The highest BCUT2D eigenvalue weighted by atomic mass is 79.9. The molecule has 0 saturated carbocycles. The Hall–Kier alpha value is -0.880. The molecule has 4 nitrogen and oxygen atoms in total. The molecule has 0 unspecified atom stereocenters. The monoisotopic (exact) mass is 348 g/mol. The van der Waals surface area contributed by atoms with Gasteiger partial charge in [0, 0.05) is 4.47 Å². The zero-order chi connectivity index (χ0) is 14.8. The van der Waals surface area contributed by atoms with Gasteiger partial charge in [0.05, 0.1) is 23.2 Å². The molecule has 0 amide bonds. The number of carbonyl (C=O) groups is 1. The average Bonchev–Trinajstić information content (AvgIpc) is 2.29. The van der Waals surface area contributed by atoms with Gasteiger partial charge in [-0.25, -0.2) is 13.2 Å². The molecular formula is C13H17BrO4S. The first-order valence-electron chi connectivity index (χ1n) is 5.67. The van der Waals surface area contributed by atoms with Crippen molar-refractivity contribution < 1.29 is 17.9 Å². The van der Waals surface area contributed by atoms with Crippen LogP contribution in [-0.4, -0.2) is 26.2 Å². The second-order valence-corrected chi connectivity index (χ2v) is 8.77. The van der Waals surface area contributed by atoms with Gasteiger partial charge >= 0.3 is 5.97 Å². The van der Waals surface area contributed by atoms with Crippen LogP contribution in [0.1, 0.15) is 36.7 Å². The SMILES string of the molecule is COC(=O)c1ccc(CS(=O)(=O)C(C)(C)C)c(Br)c1. The molecule has 1 rings (SSSR count). The van der Waals surface area contributed by atoms with Gasteiger partial charge in [-0.3, -0.25) is 0 Å². The Morgan fingerprint density at radius 2 is 1.89 bits per heavy atom. The molecule has 0 aliphatic rings. The molecule has 0 heterocycles. The van der Waals surface area contributed by atoms with Crippen molar-refractivity contribution in [3.63, 3.8) is 0 Å². The zero-order valence-electron chi connectivity index (χ0n) is 11.4. The van der Waals surface area contributed by atoms with Crippen LogP contribution in [0.15, 0.2) is 22.7 Å². The van der Waals surface area contributed by atoms with E-state index in [1.807, 2.05) is 0 Å². The maximum Gasteiger partial charge on any atom is 0.337 e. The number of benzene rings is 1. The van der Waals surface area contributed by atoms with E-state index in [1.54, 1.807) is 39.0 Å². The molecule has 0 N–H and O–H groups in total. The standard InChI is InChI=1S/C13H17BrO4S/c1-13(2,3)19(16,17)8-10-6-5-9(7-11(10)14)12(15)18-4/h5-7H,8H2,1-4H3. The van der Waals surface area contributed by atoms with Crippen LogP contribution in [0, 0.1) is 0 Å². The molecule has 1 aromatic rings. The Kier molecular flexibility index (Phi) is 4.79. The third kappa shape index (κ3) is 3.79. The predicted octanol–water partition coefficient (Wildman–Crippen LogP) is 2.95. The van der Waals surface area contributed by atoms with Gasteiger partial charge < -0.3 is 4.74 Å². The summed E-state index contributed by atoms with van der Waals surface area (Å²) >= 11 is 3.29. The first kappa shape index (κ1) is 16.2. The molecular weight excluding hydrogens is 332 g/mol. The minimum atomic E-state index is -3.26. The number of sulfone groups is 1. The van der Waals surface area contributed by atoms with Crippen molar-refractivity contribution in [1.29, 1.82) is 0 Å². The molecule has 0 aliphatic heterocycles. The number of hydrogen-bond acceptors (Lipinski definition) is 4. The number of ether oxygens (including phenoxy) is 1. The fraction of sp³-hybridized carbons (Fsp3) is 0.462. The quantitative estimate of drug-likeness (QED) is 0.788. The van der Waals surface area contributed by atoms with Crippen LogP contribution in [0.5, 0.6) is 0 Å². The lowest BCUT2D eigenvalue weighted by Gasteiger charge is -2.19. The van der Waals surface area contributed by atoms with Crippen molar-refractivity contribution in [3.05, 3.63) is 33.8 Å². The van der Waals surface area contributed by atoms with Crippen molar-refractivity contribution in [3.8, 4) is 0 Å². The van der Waals surface area contributed by atoms with Crippen molar-refractivity contribution in [2.75, 3.05) is 7.11 Å². The summed E-state index contributed by atoms with van der Waals surface area (Å²) in [6, 6.07) is 4.75. The molecule has 6 heteroatoms. The van der Waals surface area contributed by atoms with E-state index >= 15 is 0 Å².